The van der Waals surface area contributed by atoms with Gasteiger partial charge in [0.25, 0.3) is 5.69 Å². The molecule has 1 unspecified atom stereocenters. The molecule has 0 radical (unpaired) electrons. The number of aliphatic hydroxyl groups is 1. The van der Waals surface area contributed by atoms with Crippen LogP contribution in [0.15, 0.2) is 30.5 Å². The van der Waals surface area contributed by atoms with E-state index in [2.05, 4.69) is 24.1 Å². The lowest BCUT2D eigenvalue weighted by Crippen LogP contribution is -2.26. The van der Waals surface area contributed by atoms with E-state index >= 15 is 0 Å². The number of nitrogens with zero attached hydrogens (tertiary/aromatic N) is 2. The molecule has 0 bridgehead atoms. The summed E-state index contributed by atoms with van der Waals surface area (Å²) in [6.45, 7) is 4.23. The molecule has 0 aliphatic rings. The van der Waals surface area contributed by atoms with Gasteiger partial charge in [0.1, 0.15) is 5.52 Å². The predicted octanol–water partition coefficient (Wildman–Crippen LogP) is 2.96. The van der Waals surface area contributed by atoms with Crippen LogP contribution in [0.3, 0.4) is 0 Å². The molecule has 0 aliphatic heterocycles. The Hall–Kier alpha value is -2.21. The maximum atomic E-state index is 11.1. The lowest BCUT2D eigenvalue weighted by atomic mass is 10.0. The first-order valence-corrected chi connectivity index (χ1v) is 6.94. The van der Waals surface area contributed by atoms with Gasteiger partial charge in [0.05, 0.1) is 4.92 Å². The van der Waals surface area contributed by atoms with Crippen LogP contribution < -0.4 is 5.32 Å². The first-order valence-electron chi connectivity index (χ1n) is 6.94. The summed E-state index contributed by atoms with van der Waals surface area (Å²) >= 11 is 0. The van der Waals surface area contributed by atoms with Gasteiger partial charge >= 0.3 is 0 Å². The molecule has 2 aromatic rings. The molecule has 6 heteroatoms. The van der Waals surface area contributed by atoms with Gasteiger partial charge in [0.2, 0.25) is 0 Å². The number of hydrogen-bond acceptors (Lipinski definition) is 5. The fourth-order valence-electron chi connectivity index (χ4n) is 2.34. The quantitative estimate of drug-likeness (QED) is 0.630. The number of rotatable bonds is 6. The molecule has 0 saturated carbocycles. The Balaban J connectivity index is 2.46. The van der Waals surface area contributed by atoms with E-state index in [1.807, 2.05) is 6.07 Å². The molecule has 2 N–H and O–H groups in total. The van der Waals surface area contributed by atoms with E-state index < -0.39 is 4.92 Å². The third kappa shape index (κ3) is 3.28. The third-order valence-electron chi connectivity index (χ3n) is 3.53. The molecule has 0 aliphatic carbocycles. The zero-order valence-electron chi connectivity index (χ0n) is 12.1. The van der Waals surface area contributed by atoms with E-state index in [0.29, 0.717) is 17.9 Å². The molecule has 6 nitrogen and oxygen atoms in total. The Kier molecular flexibility index (Phi) is 4.70. The van der Waals surface area contributed by atoms with Crippen LogP contribution in [-0.4, -0.2) is 27.7 Å². The van der Waals surface area contributed by atoms with Crippen molar-refractivity contribution in [2.24, 2.45) is 5.92 Å². The standard InChI is InChI=1S/C15H19N3O3/c1-10(2)12(7-9-19)17-13-5-6-14(18(20)21)15-11(13)4-3-8-16-15/h3-6,8,10,12,17,19H,7,9H2,1-2H3. The van der Waals surface area contributed by atoms with Crippen molar-refractivity contribution < 1.29 is 10.0 Å². The second-order valence-corrected chi connectivity index (χ2v) is 5.30. The van der Waals surface area contributed by atoms with Gasteiger partial charge < -0.3 is 10.4 Å². The zero-order chi connectivity index (χ0) is 15.4. The number of nitrogens with one attached hydrogen (secondary N) is 1. The van der Waals surface area contributed by atoms with Crippen LogP contribution in [0.4, 0.5) is 11.4 Å². The van der Waals surface area contributed by atoms with Crippen LogP contribution in [0, 0.1) is 16.0 Å². The number of non-ortho nitro benzene ring substituents is 1. The molecule has 0 saturated heterocycles. The number of aromatic nitrogens is 1. The average Bonchev–Trinajstić information content (AvgIpc) is 2.46. The van der Waals surface area contributed by atoms with E-state index in [1.165, 1.54) is 6.07 Å². The summed E-state index contributed by atoms with van der Waals surface area (Å²) < 4.78 is 0. The van der Waals surface area contributed by atoms with E-state index in [0.717, 1.165) is 11.1 Å². The Morgan fingerprint density at radius 2 is 2.14 bits per heavy atom. The number of nitro benzene ring substituents is 1. The molecule has 0 amide bonds. The van der Waals surface area contributed by atoms with Gasteiger partial charge in [0.15, 0.2) is 0 Å². The van der Waals surface area contributed by atoms with Gasteiger partial charge in [0, 0.05) is 36.0 Å². The fourth-order valence-corrected chi connectivity index (χ4v) is 2.34. The summed E-state index contributed by atoms with van der Waals surface area (Å²) in [5.74, 6) is 0.332. The van der Waals surface area contributed by atoms with Gasteiger partial charge in [-0.2, -0.15) is 0 Å². The molecule has 2 rings (SSSR count). The minimum absolute atomic E-state index is 0.000551. The van der Waals surface area contributed by atoms with Crippen LogP contribution in [0.25, 0.3) is 10.9 Å². The van der Waals surface area contributed by atoms with E-state index in [9.17, 15) is 10.1 Å². The van der Waals surface area contributed by atoms with E-state index in [-0.39, 0.29) is 18.3 Å². The number of anilines is 1. The topological polar surface area (TPSA) is 88.3 Å². The number of fused-ring (bicyclic) bond motifs is 1. The Labute approximate surface area is 123 Å². The van der Waals surface area contributed by atoms with Crippen LogP contribution in [-0.2, 0) is 0 Å². The summed E-state index contributed by atoms with van der Waals surface area (Å²) in [6, 6.07) is 6.84. The van der Waals surface area contributed by atoms with Crippen molar-refractivity contribution in [3.05, 3.63) is 40.6 Å². The highest BCUT2D eigenvalue weighted by Gasteiger charge is 2.18. The van der Waals surface area contributed by atoms with Crippen molar-refractivity contribution in [3.8, 4) is 0 Å². The van der Waals surface area contributed by atoms with Crippen molar-refractivity contribution in [2.45, 2.75) is 26.3 Å². The predicted molar refractivity (Wildman–Crippen MR) is 82.3 cm³/mol. The zero-order valence-corrected chi connectivity index (χ0v) is 12.1. The molecule has 1 atom stereocenters. The molecule has 0 fully saturated rings. The van der Waals surface area contributed by atoms with Gasteiger partial charge in [-0.3, -0.25) is 10.1 Å². The highest BCUT2D eigenvalue weighted by molar-refractivity contribution is 5.96. The van der Waals surface area contributed by atoms with Crippen LogP contribution in [0.5, 0.6) is 0 Å². The smallest absolute Gasteiger partial charge is 0.295 e. The largest absolute Gasteiger partial charge is 0.396 e. The second-order valence-electron chi connectivity index (χ2n) is 5.30. The minimum atomic E-state index is -0.424. The normalized spacial score (nSPS) is 12.6. The SMILES string of the molecule is CC(C)C(CCO)Nc1ccc([N+](=O)[O-])c2ncccc12. The molecule has 21 heavy (non-hydrogen) atoms. The minimum Gasteiger partial charge on any atom is -0.396 e. The Bertz CT molecular complexity index is 643. The van der Waals surface area contributed by atoms with Crippen molar-refractivity contribution in [1.29, 1.82) is 0 Å². The van der Waals surface area contributed by atoms with Crippen LogP contribution in [0.2, 0.25) is 0 Å². The highest BCUT2D eigenvalue weighted by Crippen LogP contribution is 2.30. The lowest BCUT2D eigenvalue weighted by molar-refractivity contribution is -0.383. The van der Waals surface area contributed by atoms with Gasteiger partial charge in [-0.25, -0.2) is 4.98 Å². The second kappa shape index (κ2) is 6.49. The summed E-state index contributed by atoms with van der Waals surface area (Å²) in [5, 5.41) is 24.3. The van der Waals surface area contributed by atoms with Crippen molar-refractivity contribution in [1.82, 2.24) is 4.98 Å². The molecule has 112 valence electrons. The first kappa shape index (κ1) is 15.2. The molecule has 1 aromatic heterocycles. The average molecular weight is 289 g/mol. The van der Waals surface area contributed by atoms with E-state index in [1.54, 1.807) is 18.3 Å². The van der Waals surface area contributed by atoms with Crippen LogP contribution in [0.1, 0.15) is 20.3 Å². The van der Waals surface area contributed by atoms with Gasteiger partial charge in [-0.1, -0.05) is 13.8 Å². The van der Waals surface area contributed by atoms with Crippen LogP contribution >= 0.6 is 0 Å². The molecular formula is C15H19N3O3. The monoisotopic (exact) mass is 289 g/mol. The first-order chi connectivity index (χ1) is 10.0. The molecule has 1 aromatic carbocycles. The molecule has 1 heterocycles. The maximum absolute atomic E-state index is 11.1. The van der Waals surface area contributed by atoms with Crippen molar-refractivity contribution in [3.63, 3.8) is 0 Å². The summed E-state index contributed by atoms with van der Waals surface area (Å²) in [7, 11) is 0. The number of hydrogen-bond donors (Lipinski definition) is 2. The fraction of sp³-hybridized carbons (Fsp3) is 0.400. The lowest BCUT2D eigenvalue weighted by Gasteiger charge is -2.23. The Morgan fingerprint density at radius 1 is 1.38 bits per heavy atom. The van der Waals surface area contributed by atoms with Crippen molar-refractivity contribution in [2.75, 3.05) is 11.9 Å². The molecule has 0 spiro atoms. The van der Waals surface area contributed by atoms with E-state index in [4.69, 9.17) is 5.11 Å². The number of aliphatic hydroxyl groups excluding tert-OH is 1. The van der Waals surface area contributed by atoms with Gasteiger partial charge in [-0.15, -0.1) is 0 Å². The third-order valence-corrected chi connectivity index (χ3v) is 3.53. The van der Waals surface area contributed by atoms with Gasteiger partial charge in [-0.05, 0) is 30.5 Å². The highest BCUT2D eigenvalue weighted by atomic mass is 16.6. The number of nitro groups is 1. The Morgan fingerprint density at radius 3 is 2.76 bits per heavy atom. The number of pyridine rings is 1. The van der Waals surface area contributed by atoms with Crippen molar-refractivity contribution >= 4 is 22.3 Å². The summed E-state index contributed by atoms with van der Waals surface area (Å²) in [6.07, 6.45) is 2.17. The maximum Gasteiger partial charge on any atom is 0.295 e. The summed E-state index contributed by atoms with van der Waals surface area (Å²) in [5.41, 5.74) is 1.18. The molecular weight excluding hydrogens is 270 g/mol. The number of benzene rings is 1. The summed E-state index contributed by atoms with van der Waals surface area (Å²) in [4.78, 5) is 14.8.